The summed E-state index contributed by atoms with van der Waals surface area (Å²) in [7, 11) is -8.45. The van der Waals surface area contributed by atoms with Crippen LogP contribution in [0.1, 0.15) is 49.7 Å². The smallest absolute Gasteiger partial charge is 0.0945 e. The van der Waals surface area contributed by atoms with Gasteiger partial charge in [0.05, 0.1) is 20.2 Å². The summed E-state index contributed by atoms with van der Waals surface area (Å²) in [6.07, 6.45) is 3.18. The van der Waals surface area contributed by atoms with Crippen molar-refractivity contribution in [1.29, 1.82) is 0 Å². The van der Waals surface area contributed by atoms with Gasteiger partial charge in [0, 0.05) is 26.7 Å². The molecule has 150 valence electrons. The normalized spacial score (nSPS) is 15.6. The van der Waals surface area contributed by atoms with Crippen LogP contribution in [0.25, 0.3) is 9.75 Å². The molecular weight excluding hydrogens is 428 g/mol. The molecule has 0 spiro atoms. The summed E-state index contributed by atoms with van der Waals surface area (Å²) in [6.45, 7) is 0. The molecule has 3 rings (SSSR count). The molecule has 0 N–H and O–H groups in total. The topological polar surface area (TPSA) is 114 Å². The number of hydrogen-bond acceptors (Lipinski definition) is 8. The lowest BCUT2D eigenvalue weighted by Gasteiger charge is -2.31. The fourth-order valence-electron chi connectivity index (χ4n) is 3.94. The van der Waals surface area contributed by atoms with E-state index in [0.717, 1.165) is 0 Å². The SMILES string of the molecule is O=S(=O)([O-])CCCCC1(CCCCS(=O)(=O)[O-])c2ccsc2-c2sccc21. The van der Waals surface area contributed by atoms with Crippen molar-refractivity contribution in [3.63, 3.8) is 0 Å². The van der Waals surface area contributed by atoms with Gasteiger partial charge in [0.1, 0.15) is 0 Å². The van der Waals surface area contributed by atoms with Gasteiger partial charge in [0.15, 0.2) is 0 Å². The number of thiophene rings is 2. The zero-order chi connectivity index (χ0) is 19.7. The molecule has 0 bridgehead atoms. The van der Waals surface area contributed by atoms with Gasteiger partial charge >= 0.3 is 0 Å². The van der Waals surface area contributed by atoms with Crippen molar-refractivity contribution in [1.82, 2.24) is 0 Å². The Bertz CT molecular complexity index is 918. The Morgan fingerprint density at radius 3 is 1.52 bits per heavy atom. The molecule has 0 amide bonds. The second-order valence-electron chi connectivity index (χ2n) is 6.85. The minimum Gasteiger partial charge on any atom is -0.748 e. The predicted octanol–water partition coefficient (Wildman–Crippen LogP) is 3.51. The van der Waals surface area contributed by atoms with Gasteiger partial charge in [-0.25, -0.2) is 16.8 Å². The van der Waals surface area contributed by atoms with E-state index in [0.29, 0.717) is 38.5 Å². The van der Waals surface area contributed by atoms with E-state index < -0.39 is 20.2 Å². The van der Waals surface area contributed by atoms with E-state index in [1.54, 1.807) is 22.7 Å². The maximum absolute atomic E-state index is 10.9. The van der Waals surface area contributed by atoms with Crippen molar-refractivity contribution in [3.8, 4) is 9.75 Å². The van der Waals surface area contributed by atoms with E-state index in [-0.39, 0.29) is 16.9 Å². The molecule has 6 nitrogen and oxygen atoms in total. The van der Waals surface area contributed by atoms with Crippen LogP contribution in [-0.2, 0) is 25.7 Å². The zero-order valence-electron chi connectivity index (χ0n) is 14.5. The zero-order valence-corrected chi connectivity index (χ0v) is 17.8. The monoisotopic (exact) mass is 448 g/mol. The maximum atomic E-state index is 10.9. The second-order valence-corrected chi connectivity index (χ2v) is 11.7. The molecule has 0 aliphatic heterocycles. The van der Waals surface area contributed by atoms with Crippen molar-refractivity contribution in [3.05, 3.63) is 34.0 Å². The average molecular weight is 449 g/mol. The highest BCUT2D eigenvalue weighted by molar-refractivity contribution is 7.85. The summed E-state index contributed by atoms with van der Waals surface area (Å²) in [6, 6.07) is 4.17. The average Bonchev–Trinajstić information content (AvgIpc) is 3.23. The third-order valence-electron chi connectivity index (χ3n) is 5.06. The molecule has 0 unspecified atom stereocenters. The predicted molar refractivity (Wildman–Crippen MR) is 105 cm³/mol. The molecule has 0 fully saturated rings. The van der Waals surface area contributed by atoms with Crippen molar-refractivity contribution in [2.75, 3.05) is 11.5 Å². The molecule has 0 saturated carbocycles. The van der Waals surface area contributed by atoms with Crippen LogP contribution in [0.3, 0.4) is 0 Å². The quantitative estimate of drug-likeness (QED) is 0.406. The summed E-state index contributed by atoms with van der Waals surface area (Å²) >= 11 is 3.33. The van der Waals surface area contributed by atoms with Crippen LogP contribution in [0.5, 0.6) is 0 Å². The van der Waals surface area contributed by atoms with Crippen molar-refractivity contribution >= 4 is 42.9 Å². The standard InChI is InChI=1S/C17H22O6S4/c18-26(19,20)11-3-1-7-17(8-2-4-12-27(21,22)23)13-5-9-24-15(13)16-14(17)6-10-25-16/h5-6,9-10H,1-4,7-8,11-12H2,(H,18,19,20)(H,21,22,23)/p-2. The highest BCUT2D eigenvalue weighted by Crippen LogP contribution is 2.57. The molecule has 0 radical (unpaired) electrons. The lowest BCUT2D eigenvalue weighted by atomic mass is 9.72. The number of fused-ring (bicyclic) bond motifs is 3. The molecule has 10 heteroatoms. The summed E-state index contributed by atoms with van der Waals surface area (Å²) in [5.41, 5.74) is 2.10. The fourth-order valence-corrected chi connectivity index (χ4v) is 7.24. The lowest BCUT2D eigenvalue weighted by molar-refractivity contribution is 0.408. The van der Waals surface area contributed by atoms with Crippen LogP contribution in [0, 0.1) is 0 Å². The van der Waals surface area contributed by atoms with Gasteiger partial charge in [-0.05, 0) is 59.7 Å². The van der Waals surface area contributed by atoms with Gasteiger partial charge in [-0.1, -0.05) is 12.8 Å². The third-order valence-corrected chi connectivity index (χ3v) is 8.63. The van der Waals surface area contributed by atoms with Gasteiger partial charge in [-0.2, -0.15) is 0 Å². The fraction of sp³-hybridized carbons (Fsp3) is 0.529. The van der Waals surface area contributed by atoms with Crippen LogP contribution in [0.2, 0.25) is 0 Å². The van der Waals surface area contributed by atoms with Crippen molar-refractivity contribution in [2.24, 2.45) is 0 Å². The van der Waals surface area contributed by atoms with E-state index in [9.17, 15) is 25.9 Å². The second kappa shape index (κ2) is 7.92. The van der Waals surface area contributed by atoms with E-state index in [1.165, 1.54) is 20.9 Å². The Morgan fingerprint density at radius 1 is 0.741 bits per heavy atom. The van der Waals surface area contributed by atoms with E-state index in [2.05, 4.69) is 12.1 Å². The van der Waals surface area contributed by atoms with Gasteiger partial charge in [-0.15, -0.1) is 22.7 Å². The lowest BCUT2D eigenvalue weighted by Crippen LogP contribution is -2.25. The van der Waals surface area contributed by atoms with Crippen LogP contribution in [0.15, 0.2) is 22.9 Å². The maximum Gasteiger partial charge on any atom is 0.0945 e. The highest BCUT2D eigenvalue weighted by atomic mass is 32.2. The van der Waals surface area contributed by atoms with E-state index in [4.69, 9.17) is 0 Å². The van der Waals surface area contributed by atoms with Gasteiger partial charge in [-0.3, -0.25) is 0 Å². The molecule has 27 heavy (non-hydrogen) atoms. The first-order valence-corrected chi connectivity index (χ1v) is 13.6. The minimum absolute atomic E-state index is 0.302. The van der Waals surface area contributed by atoms with E-state index >= 15 is 0 Å². The van der Waals surface area contributed by atoms with Gasteiger partial charge < -0.3 is 9.11 Å². The Hall–Kier alpha value is -0.780. The molecule has 0 saturated heterocycles. The Morgan fingerprint density at radius 2 is 1.15 bits per heavy atom. The summed E-state index contributed by atoms with van der Waals surface area (Å²) in [5.74, 6) is -0.741. The molecular formula is C17H20O6S4-2. The first-order valence-electron chi connectivity index (χ1n) is 8.66. The molecule has 2 aromatic rings. The first-order chi connectivity index (χ1) is 12.6. The molecule has 0 aromatic carbocycles. The summed E-state index contributed by atoms with van der Waals surface area (Å²) in [4.78, 5) is 2.43. The number of hydrogen-bond donors (Lipinski definition) is 0. The van der Waals surface area contributed by atoms with E-state index in [1.807, 2.05) is 10.8 Å². The van der Waals surface area contributed by atoms with Crippen molar-refractivity contribution in [2.45, 2.75) is 43.9 Å². The highest BCUT2D eigenvalue weighted by Gasteiger charge is 2.43. The molecule has 2 aromatic heterocycles. The Labute approximate surface area is 167 Å². The summed E-state index contributed by atoms with van der Waals surface area (Å²) in [5, 5.41) is 4.07. The Balaban J connectivity index is 1.80. The van der Waals surface area contributed by atoms with Gasteiger partial charge in [0.2, 0.25) is 0 Å². The first kappa shape index (κ1) is 20.9. The van der Waals surface area contributed by atoms with Gasteiger partial charge in [0.25, 0.3) is 0 Å². The van der Waals surface area contributed by atoms with Crippen LogP contribution in [0.4, 0.5) is 0 Å². The van der Waals surface area contributed by atoms with Crippen LogP contribution in [-0.4, -0.2) is 37.4 Å². The van der Waals surface area contributed by atoms with Crippen LogP contribution < -0.4 is 0 Å². The molecule has 1 aliphatic rings. The third kappa shape index (κ3) is 4.80. The minimum atomic E-state index is -4.22. The Kier molecular flexibility index (Phi) is 6.14. The van der Waals surface area contributed by atoms with Crippen LogP contribution >= 0.6 is 22.7 Å². The summed E-state index contributed by atoms with van der Waals surface area (Å²) < 4.78 is 65.3. The molecule has 1 aliphatic carbocycles. The number of unbranched alkanes of at least 4 members (excludes halogenated alkanes) is 2. The molecule has 2 heterocycles. The largest absolute Gasteiger partial charge is 0.748 e. The molecule has 0 atom stereocenters. The number of rotatable bonds is 10. The van der Waals surface area contributed by atoms with Crippen molar-refractivity contribution < 1.29 is 25.9 Å².